The second-order valence-electron chi connectivity index (χ2n) is 6.83. The predicted octanol–water partition coefficient (Wildman–Crippen LogP) is 2.35. The molecule has 1 unspecified atom stereocenters. The number of carbonyl (C=O) groups excluding carboxylic acids is 1. The molecule has 3 N–H and O–H groups in total. The lowest BCUT2D eigenvalue weighted by Gasteiger charge is -2.14. The molecular formula is C18H26N2O3. The second-order valence-corrected chi connectivity index (χ2v) is 6.83. The molecule has 0 bridgehead atoms. The van der Waals surface area contributed by atoms with Crippen molar-refractivity contribution in [1.29, 1.82) is 0 Å². The number of aliphatic hydroxyl groups excluding tert-OH is 1. The van der Waals surface area contributed by atoms with Crippen molar-refractivity contribution in [2.45, 2.75) is 45.3 Å². The highest BCUT2D eigenvalue weighted by molar-refractivity contribution is 5.73. The lowest BCUT2D eigenvalue weighted by Crippen LogP contribution is -2.40. The summed E-state index contributed by atoms with van der Waals surface area (Å²) < 4.78 is 5.90. The Bertz CT molecular complexity index is 553. The standard InChI is InChI=1S/C18H26N2O3/c1-12-2-5-15(17(8-12)23-11-13-3-4-13)9-19-18(22)20-10-16(21)14-6-7-14/h2,5,8,13-14,16,21H,3-4,6-7,9-11H2,1H3,(H2,19,20,22). The van der Waals surface area contributed by atoms with Crippen molar-refractivity contribution in [3.8, 4) is 5.75 Å². The highest BCUT2D eigenvalue weighted by atomic mass is 16.5. The molecule has 2 amide bonds. The number of aryl methyl sites for hydroxylation is 1. The van der Waals surface area contributed by atoms with Crippen LogP contribution in [0.4, 0.5) is 4.79 Å². The molecule has 3 rings (SSSR count). The van der Waals surface area contributed by atoms with Gasteiger partial charge in [0.25, 0.3) is 0 Å². The van der Waals surface area contributed by atoms with Crippen molar-refractivity contribution in [2.24, 2.45) is 11.8 Å². The van der Waals surface area contributed by atoms with Gasteiger partial charge in [-0.3, -0.25) is 0 Å². The van der Waals surface area contributed by atoms with Crippen molar-refractivity contribution in [3.63, 3.8) is 0 Å². The summed E-state index contributed by atoms with van der Waals surface area (Å²) in [4.78, 5) is 11.8. The van der Waals surface area contributed by atoms with E-state index in [1.165, 1.54) is 12.8 Å². The van der Waals surface area contributed by atoms with Crippen LogP contribution in [0.25, 0.3) is 0 Å². The molecule has 0 spiro atoms. The first kappa shape index (κ1) is 16.1. The van der Waals surface area contributed by atoms with E-state index in [4.69, 9.17) is 4.74 Å². The van der Waals surface area contributed by atoms with Gasteiger partial charge >= 0.3 is 6.03 Å². The first-order chi connectivity index (χ1) is 11.1. The van der Waals surface area contributed by atoms with Gasteiger partial charge in [0.05, 0.1) is 12.7 Å². The van der Waals surface area contributed by atoms with Gasteiger partial charge in [-0.25, -0.2) is 4.79 Å². The molecule has 0 aromatic heterocycles. The third kappa shape index (κ3) is 5.13. The first-order valence-electron chi connectivity index (χ1n) is 8.54. The molecule has 0 aliphatic heterocycles. The Morgan fingerprint density at radius 1 is 1.30 bits per heavy atom. The maximum absolute atomic E-state index is 11.8. The summed E-state index contributed by atoms with van der Waals surface area (Å²) in [5.41, 5.74) is 2.13. The van der Waals surface area contributed by atoms with Crippen molar-refractivity contribution in [1.82, 2.24) is 10.6 Å². The molecule has 0 saturated heterocycles. The van der Waals surface area contributed by atoms with Crippen molar-refractivity contribution >= 4 is 6.03 Å². The quantitative estimate of drug-likeness (QED) is 0.689. The minimum atomic E-state index is -0.419. The van der Waals surface area contributed by atoms with E-state index in [-0.39, 0.29) is 6.03 Å². The fraction of sp³-hybridized carbons (Fsp3) is 0.611. The molecule has 5 heteroatoms. The first-order valence-corrected chi connectivity index (χ1v) is 8.54. The fourth-order valence-electron chi connectivity index (χ4n) is 2.52. The van der Waals surface area contributed by atoms with Crippen molar-refractivity contribution < 1.29 is 14.6 Å². The van der Waals surface area contributed by atoms with E-state index in [1.807, 2.05) is 25.1 Å². The summed E-state index contributed by atoms with van der Waals surface area (Å²) in [6.45, 7) is 3.53. The Kier molecular flexibility index (Phi) is 5.06. The third-order valence-electron chi connectivity index (χ3n) is 4.47. The highest BCUT2D eigenvalue weighted by Crippen LogP contribution is 2.32. The van der Waals surface area contributed by atoms with Gasteiger partial charge < -0.3 is 20.5 Å². The van der Waals surface area contributed by atoms with E-state index >= 15 is 0 Å². The monoisotopic (exact) mass is 318 g/mol. The zero-order chi connectivity index (χ0) is 16.2. The highest BCUT2D eigenvalue weighted by Gasteiger charge is 2.29. The van der Waals surface area contributed by atoms with Gasteiger partial charge in [-0.2, -0.15) is 0 Å². The summed E-state index contributed by atoms with van der Waals surface area (Å²) in [7, 11) is 0. The summed E-state index contributed by atoms with van der Waals surface area (Å²) >= 11 is 0. The Hall–Kier alpha value is -1.75. The van der Waals surface area contributed by atoms with Crippen LogP contribution in [-0.4, -0.2) is 30.4 Å². The van der Waals surface area contributed by atoms with Gasteiger partial charge in [0, 0.05) is 18.7 Å². The van der Waals surface area contributed by atoms with Crippen LogP contribution in [0.1, 0.15) is 36.8 Å². The largest absolute Gasteiger partial charge is 0.493 e. The maximum atomic E-state index is 11.8. The van der Waals surface area contributed by atoms with E-state index in [0.717, 1.165) is 36.3 Å². The van der Waals surface area contributed by atoms with E-state index in [9.17, 15) is 9.90 Å². The summed E-state index contributed by atoms with van der Waals surface area (Å²) in [6.07, 6.45) is 4.22. The summed E-state index contributed by atoms with van der Waals surface area (Å²) in [6, 6.07) is 5.79. The van der Waals surface area contributed by atoms with Crippen LogP contribution in [-0.2, 0) is 6.54 Å². The summed E-state index contributed by atoms with van der Waals surface area (Å²) in [5.74, 6) is 1.92. The van der Waals surface area contributed by atoms with E-state index in [2.05, 4.69) is 10.6 Å². The number of ether oxygens (including phenoxy) is 1. The summed E-state index contributed by atoms with van der Waals surface area (Å²) in [5, 5.41) is 15.3. The molecule has 1 aromatic carbocycles. The van der Waals surface area contributed by atoms with Gasteiger partial charge in [0.2, 0.25) is 0 Å². The SMILES string of the molecule is Cc1ccc(CNC(=O)NCC(O)C2CC2)c(OCC2CC2)c1. The minimum absolute atomic E-state index is 0.251. The molecule has 0 heterocycles. The Morgan fingerprint density at radius 3 is 2.78 bits per heavy atom. The third-order valence-corrected chi connectivity index (χ3v) is 4.47. The number of aliphatic hydroxyl groups is 1. The number of benzene rings is 1. The van der Waals surface area contributed by atoms with Crippen LogP contribution in [0.15, 0.2) is 18.2 Å². The Labute approximate surface area is 137 Å². The Morgan fingerprint density at radius 2 is 2.09 bits per heavy atom. The lowest BCUT2D eigenvalue weighted by molar-refractivity contribution is 0.149. The number of hydrogen-bond donors (Lipinski definition) is 3. The molecule has 2 aliphatic carbocycles. The number of amides is 2. The molecule has 5 nitrogen and oxygen atoms in total. The molecule has 2 saturated carbocycles. The molecule has 1 atom stereocenters. The van der Waals surface area contributed by atoms with Gasteiger partial charge in [-0.05, 0) is 56.1 Å². The number of rotatable bonds is 8. The van der Waals surface area contributed by atoms with Crippen LogP contribution in [0, 0.1) is 18.8 Å². The van der Waals surface area contributed by atoms with Gasteiger partial charge in [0.15, 0.2) is 0 Å². The van der Waals surface area contributed by atoms with Gasteiger partial charge in [-0.15, -0.1) is 0 Å². The maximum Gasteiger partial charge on any atom is 0.315 e. The van der Waals surface area contributed by atoms with Crippen LogP contribution in [0.2, 0.25) is 0 Å². The van der Waals surface area contributed by atoms with E-state index in [1.54, 1.807) is 0 Å². The van der Waals surface area contributed by atoms with Gasteiger partial charge in [0.1, 0.15) is 5.75 Å². The number of urea groups is 1. The number of hydrogen-bond acceptors (Lipinski definition) is 3. The minimum Gasteiger partial charge on any atom is -0.493 e. The van der Waals surface area contributed by atoms with Crippen LogP contribution in [0.5, 0.6) is 5.75 Å². The topological polar surface area (TPSA) is 70.6 Å². The molecule has 1 aromatic rings. The van der Waals surface area contributed by atoms with E-state index in [0.29, 0.717) is 24.9 Å². The number of carbonyl (C=O) groups is 1. The average Bonchev–Trinajstić information content (AvgIpc) is 3.41. The fourth-order valence-corrected chi connectivity index (χ4v) is 2.52. The van der Waals surface area contributed by atoms with Crippen LogP contribution in [0.3, 0.4) is 0 Å². The molecular weight excluding hydrogens is 292 g/mol. The molecule has 2 aliphatic rings. The average molecular weight is 318 g/mol. The van der Waals surface area contributed by atoms with Gasteiger partial charge in [-0.1, -0.05) is 12.1 Å². The smallest absolute Gasteiger partial charge is 0.315 e. The number of nitrogens with one attached hydrogen (secondary N) is 2. The zero-order valence-corrected chi connectivity index (χ0v) is 13.7. The molecule has 2 fully saturated rings. The normalized spacial score (nSPS) is 18.3. The molecule has 0 radical (unpaired) electrons. The predicted molar refractivity (Wildman–Crippen MR) is 88.4 cm³/mol. The van der Waals surface area contributed by atoms with Crippen molar-refractivity contribution in [3.05, 3.63) is 29.3 Å². The Balaban J connectivity index is 1.46. The lowest BCUT2D eigenvalue weighted by atomic mass is 10.1. The molecule has 126 valence electrons. The zero-order valence-electron chi connectivity index (χ0n) is 13.7. The second kappa shape index (κ2) is 7.21. The van der Waals surface area contributed by atoms with Crippen LogP contribution < -0.4 is 15.4 Å². The van der Waals surface area contributed by atoms with Crippen molar-refractivity contribution in [2.75, 3.05) is 13.2 Å². The molecule has 23 heavy (non-hydrogen) atoms. The van der Waals surface area contributed by atoms with Crippen LogP contribution >= 0.6 is 0 Å². The van der Waals surface area contributed by atoms with E-state index < -0.39 is 6.10 Å².